The second-order valence-corrected chi connectivity index (χ2v) is 4.49. The quantitative estimate of drug-likeness (QED) is 0.830. The van der Waals surface area contributed by atoms with Crippen LogP contribution < -0.4 is 5.73 Å². The molecule has 1 aliphatic carbocycles. The topological polar surface area (TPSA) is 52.0 Å². The molecule has 3 heteroatoms. The van der Waals surface area contributed by atoms with Crippen LogP contribution in [0.4, 0.5) is 0 Å². The van der Waals surface area contributed by atoms with Crippen molar-refractivity contribution in [3.05, 3.63) is 30.3 Å². The Bertz CT molecular complexity index is 452. The zero-order valence-electron chi connectivity index (χ0n) is 8.57. The Kier molecular flexibility index (Phi) is 1.83. The standard InChI is InChI=1S/C12H14N2O/c13-12(4-5-12)3-1-10-7-9-8-14-6-2-11(9)15-10/h2,6-8H,1,3-5,13H2. The molecule has 1 saturated carbocycles. The van der Waals surface area contributed by atoms with Gasteiger partial charge in [0.25, 0.3) is 0 Å². The van der Waals surface area contributed by atoms with Gasteiger partial charge in [-0.1, -0.05) is 0 Å². The number of furan rings is 1. The normalized spacial score (nSPS) is 18.2. The van der Waals surface area contributed by atoms with Crippen molar-refractivity contribution in [2.75, 3.05) is 0 Å². The molecule has 0 saturated heterocycles. The summed E-state index contributed by atoms with van der Waals surface area (Å²) in [7, 11) is 0. The summed E-state index contributed by atoms with van der Waals surface area (Å²) in [6.45, 7) is 0. The summed E-state index contributed by atoms with van der Waals surface area (Å²) in [6.07, 6.45) is 7.87. The predicted molar refractivity (Wildman–Crippen MR) is 58.5 cm³/mol. The molecular formula is C12H14N2O. The van der Waals surface area contributed by atoms with Crippen LogP contribution >= 0.6 is 0 Å². The lowest BCUT2D eigenvalue weighted by molar-refractivity contribution is 0.507. The van der Waals surface area contributed by atoms with E-state index in [4.69, 9.17) is 10.2 Å². The van der Waals surface area contributed by atoms with Crippen molar-refractivity contribution in [1.82, 2.24) is 4.98 Å². The van der Waals surface area contributed by atoms with E-state index < -0.39 is 0 Å². The van der Waals surface area contributed by atoms with Crippen LogP contribution in [0, 0.1) is 0 Å². The minimum absolute atomic E-state index is 0.108. The van der Waals surface area contributed by atoms with Gasteiger partial charge in [-0.05, 0) is 31.4 Å². The molecule has 15 heavy (non-hydrogen) atoms. The molecule has 0 spiro atoms. The van der Waals surface area contributed by atoms with Crippen molar-refractivity contribution in [2.45, 2.75) is 31.2 Å². The third kappa shape index (κ3) is 1.75. The molecule has 2 N–H and O–H groups in total. The van der Waals surface area contributed by atoms with Gasteiger partial charge >= 0.3 is 0 Å². The lowest BCUT2D eigenvalue weighted by atomic mass is 10.1. The first-order valence-electron chi connectivity index (χ1n) is 5.37. The molecule has 3 rings (SSSR count). The van der Waals surface area contributed by atoms with E-state index in [0.717, 1.165) is 42.4 Å². The highest BCUT2D eigenvalue weighted by molar-refractivity contribution is 5.76. The van der Waals surface area contributed by atoms with Crippen molar-refractivity contribution < 1.29 is 4.42 Å². The van der Waals surface area contributed by atoms with E-state index in [1.807, 2.05) is 12.3 Å². The first kappa shape index (κ1) is 8.92. The molecule has 1 fully saturated rings. The van der Waals surface area contributed by atoms with E-state index in [1.165, 1.54) is 0 Å². The van der Waals surface area contributed by atoms with Gasteiger partial charge in [0.05, 0.1) is 0 Å². The second-order valence-electron chi connectivity index (χ2n) is 4.49. The number of hydrogen-bond donors (Lipinski definition) is 1. The lowest BCUT2D eigenvalue weighted by Gasteiger charge is -2.04. The summed E-state index contributed by atoms with van der Waals surface area (Å²) in [6, 6.07) is 3.96. The molecule has 78 valence electrons. The molecule has 0 amide bonds. The van der Waals surface area contributed by atoms with Gasteiger partial charge in [0.1, 0.15) is 11.3 Å². The molecule has 0 unspecified atom stereocenters. The van der Waals surface area contributed by atoms with Crippen molar-refractivity contribution in [1.29, 1.82) is 0 Å². The van der Waals surface area contributed by atoms with E-state index in [0.29, 0.717) is 0 Å². The predicted octanol–water partition coefficient (Wildman–Crippen LogP) is 2.25. The van der Waals surface area contributed by atoms with Crippen LogP contribution in [0.15, 0.2) is 28.9 Å². The second kappa shape index (κ2) is 3.07. The van der Waals surface area contributed by atoms with Gasteiger partial charge in [0, 0.05) is 29.7 Å². The lowest BCUT2D eigenvalue weighted by Crippen LogP contribution is -2.21. The van der Waals surface area contributed by atoms with E-state index in [9.17, 15) is 0 Å². The summed E-state index contributed by atoms with van der Waals surface area (Å²) in [4.78, 5) is 4.06. The fourth-order valence-electron chi connectivity index (χ4n) is 1.85. The van der Waals surface area contributed by atoms with Crippen LogP contribution in [-0.2, 0) is 6.42 Å². The van der Waals surface area contributed by atoms with Crippen molar-refractivity contribution >= 4 is 11.0 Å². The molecule has 3 nitrogen and oxygen atoms in total. The van der Waals surface area contributed by atoms with Crippen LogP contribution in [0.5, 0.6) is 0 Å². The van der Waals surface area contributed by atoms with Crippen LogP contribution in [0.1, 0.15) is 25.0 Å². The maximum absolute atomic E-state index is 6.03. The Morgan fingerprint density at radius 3 is 3.07 bits per heavy atom. The molecule has 0 bridgehead atoms. The largest absolute Gasteiger partial charge is 0.461 e. The van der Waals surface area contributed by atoms with Crippen LogP contribution in [0.25, 0.3) is 11.0 Å². The van der Waals surface area contributed by atoms with Gasteiger partial charge in [0.2, 0.25) is 0 Å². The highest BCUT2D eigenvalue weighted by Crippen LogP contribution is 2.36. The first-order valence-corrected chi connectivity index (χ1v) is 5.37. The highest BCUT2D eigenvalue weighted by Gasteiger charge is 2.37. The van der Waals surface area contributed by atoms with Gasteiger partial charge in [-0.25, -0.2) is 0 Å². The monoisotopic (exact) mass is 202 g/mol. The highest BCUT2D eigenvalue weighted by atomic mass is 16.3. The minimum Gasteiger partial charge on any atom is -0.461 e. The number of fused-ring (bicyclic) bond motifs is 1. The number of pyridine rings is 1. The van der Waals surface area contributed by atoms with E-state index in [1.54, 1.807) is 6.20 Å². The van der Waals surface area contributed by atoms with Crippen molar-refractivity contribution in [3.8, 4) is 0 Å². The molecule has 1 aliphatic rings. The van der Waals surface area contributed by atoms with Gasteiger partial charge < -0.3 is 10.2 Å². The average Bonchev–Trinajstić information content (AvgIpc) is 2.83. The fraction of sp³-hybridized carbons (Fsp3) is 0.417. The zero-order chi connectivity index (χ0) is 10.3. The maximum atomic E-state index is 6.03. The van der Waals surface area contributed by atoms with E-state index in [2.05, 4.69) is 11.1 Å². The summed E-state index contributed by atoms with van der Waals surface area (Å²) in [5.41, 5.74) is 7.06. The molecule has 2 aromatic heterocycles. The molecule has 0 aliphatic heterocycles. The summed E-state index contributed by atoms with van der Waals surface area (Å²) in [5, 5.41) is 1.08. The smallest absolute Gasteiger partial charge is 0.137 e. The Balaban J connectivity index is 1.79. The van der Waals surface area contributed by atoms with Crippen LogP contribution in [0.3, 0.4) is 0 Å². The summed E-state index contributed by atoms with van der Waals surface area (Å²) < 4.78 is 5.70. The van der Waals surface area contributed by atoms with Gasteiger partial charge in [-0.15, -0.1) is 0 Å². The summed E-state index contributed by atoms with van der Waals surface area (Å²) >= 11 is 0. The zero-order valence-corrected chi connectivity index (χ0v) is 8.57. The SMILES string of the molecule is NC1(CCc2cc3cnccc3o2)CC1. The number of nitrogens with two attached hydrogens (primary N) is 1. The average molecular weight is 202 g/mol. The number of aryl methyl sites for hydroxylation is 1. The number of nitrogens with zero attached hydrogens (tertiary/aromatic N) is 1. The van der Waals surface area contributed by atoms with Crippen LogP contribution in [-0.4, -0.2) is 10.5 Å². The first-order chi connectivity index (χ1) is 7.25. The van der Waals surface area contributed by atoms with E-state index in [-0.39, 0.29) is 5.54 Å². The molecular weight excluding hydrogens is 188 g/mol. The van der Waals surface area contributed by atoms with Crippen LogP contribution in [0.2, 0.25) is 0 Å². The number of hydrogen-bond acceptors (Lipinski definition) is 3. The molecule has 0 atom stereocenters. The van der Waals surface area contributed by atoms with Gasteiger partial charge in [-0.3, -0.25) is 4.98 Å². The van der Waals surface area contributed by atoms with Crippen molar-refractivity contribution in [2.24, 2.45) is 5.73 Å². The number of aromatic nitrogens is 1. The Morgan fingerprint density at radius 2 is 2.33 bits per heavy atom. The fourth-order valence-corrected chi connectivity index (χ4v) is 1.85. The van der Waals surface area contributed by atoms with Gasteiger partial charge in [0.15, 0.2) is 0 Å². The Morgan fingerprint density at radius 1 is 1.47 bits per heavy atom. The maximum Gasteiger partial charge on any atom is 0.137 e. The molecule has 2 heterocycles. The minimum atomic E-state index is 0.108. The Hall–Kier alpha value is -1.35. The van der Waals surface area contributed by atoms with Crippen molar-refractivity contribution in [3.63, 3.8) is 0 Å². The third-order valence-corrected chi connectivity index (χ3v) is 3.13. The molecule has 2 aromatic rings. The number of rotatable bonds is 3. The summed E-state index contributed by atoms with van der Waals surface area (Å²) in [5.74, 6) is 1.02. The Labute approximate surface area is 88.3 Å². The van der Waals surface area contributed by atoms with E-state index >= 15 is 0 Å². The van der Waals surface area contributed by atoms with Gasteiger partial charge in [-0.2, -0.15) is 0 Å². The molecule has 0 aromatic carbocycles. The third-order valence-electron chi connectivity index (χ3n) is 3.13. The molecule has 0 radical (unpaired) electrons.